The molecule has 0 radical (unpaired) electrons. The van der Waals surface area contributed by atoms with E-state index in [9.17, 15) is 18.0 Å². The number of ether oxygens (including phenoxy) is 3. The number of hydrogen-bond acceptors (Lipinski definition) is 4. The molecule has 0 spiro atoms. The van der Waals surface area contributed by atoms with Crippen molar-refractivity contribution in [2.75, 3.05) is 6.61 Å². The molecule has 0 N–H and O–H groups in total. The molecule has 0 saturated carbocycles. The molecule has 2 unspecified atom stereocenters. The largest absolute Gasteiger partial charge is 0.490 e. The zero-order valence-electron chi connectivity index (χ0n) is 16.4. The fourth-order valence-corrected chi connectivity index (χ4v) is 4.08. The first-order valence-electron chi connectivity index (χ1n) is 9.82. The van der Waals surface area contributed by atoms with Crippen molar-refractivity contribution in [1.29, 1.82) is 0 Å². The van der Waals surface area contributed by atoms with E-state index in [0.717, 1.165) is 25.0 Å². The Balaban J connectivity index is 1.72. The van der Waals surface area contributed by atoms with Crippen LogP contribution in [0.2, 0.25) is 0 Å². The van der Waals surface area contributed by atoms with Gasteiger partial charge in [-0.25, -0.2) is 4.79 Å². The monoisotopic (exact) mass is 435 g/mol. The topological polar surface area (TPSA) is 48.0 Å². The van der Waals surface area contributed by atoms with Crippen LogP contribution in [0.15, 0.2) is 18.2 Å². The first-order chi connectivity index (χ1) is 13.7. The maximum absolute atomic E-state index is 13.0. The summed E-state index contributed by atoms with van der Waals surface area (Å²) in [4.78, 5) is 14.0. The molecule has 2 bridgehead atoms. The Morgan fingerprint density at radius 2 is 1.90 bits per heavy atom. The molecular weight excluding hydrogens is 411 g/mol. The molecule has 1 amide bonds. The predicted molar refractivity (Wildman–Crippen MR) is 101 cm³/mol. The molecule has 4 atom stereocenters. The number of halogens is 4. The van der Waals surface area contributed by atoms with Crippen LogP contribution in [0, 0.1) is 0 Å². The SMILES string of the molecule is CCCOc1cc(C(F)(F)F)ccc1OC1C[C@H]2CC[C@@H](C1)N2C(=O)OC(C)Cl. The van der Waals surface area contributed by atoms with E-state index in [-0.39, 0.29) is 23.9 Å². The molecule has 9 heteroatoms. The zero-order valence-corrected chi connectivity index (χ0v) is 17.1. The average molecular weight is 436 g/mol. The van der Waals surface area contributed by atoms with Gasteiger partial charge in [0, 0.05) is 24.9 Å². The van der Waals surface area contributed by atoms with Crippen molar-refractivity contribution in [2.24, 2.45) is 0 Å². The van der Waals surface area contributed by atoms with Gasteiger partial charge in [0.15, 0.2) is 17.1 Å². The lowest BCUT2D eigenvalue weighted by atomic mass is 10.00. The third kappa shape index (κ3) is 5.21. The summed E-state index contributed by atoms with van der Waals surface area (Å²) in [5.41, 5.74) is -1.48. The van der Waals surface area contributed by atoms with Gasteiger partial charge in [-0.15, -0.1) is 0 Å². The van der Waals surface area contributed by atoms with Crippen LogP contribution < -0.4 is 9.47 Å². The van der Waals surface area contributed by atoms with E-state index in [0.29, 0.717) is 31.6 Å². The number of piperidine rings is 1. The summed E-state index contributed by atoms with van der Waals surface area (Å²) in [5, 5.41) is 0. The van der Waals surface area contributed by atoms with Crippen LogP contribution in [-0.2, 0) is 10.9 Å². The maximum Gasteiger partial charge on any atom is 0.416 e. The number of carbonyl (C=O) groups excluding carboxylic acids is 1. The Bertz CT molecular complexity index is 714. The van der Waals surface area contributed by atoms with Crippen LogP contribution in [0.3, 0.4) is 0 Å². The number of hydrogen-bond donors (Lipinski definition) is 0. The number of alkyl halides is 4. The zero-order chi connectivity index (χ0) is 21.2. The molecule has 0 aromatic heterocycles. The van der Waals surface area contributed by atoms with Crippen LogP contribution in [0.4, 0.5) is 18.0 Å². The second kappa shape index (κ2) is 8.90. The fourth-order valence-electron chi connectivity index (χ4n) is 4.01. The highest BCUT2D eigenvalue weighted by molar-refractivity contribution is 6.19. The summed E-state index contributed by atoms with van der Waals surface area (Å²) in [5.74, 6) is 0.382. The first kappa shape index (κ1) is 21.9. The number of nitrogens with zero attached hydrogens (tertiary/aromatic N) is 1. The molecule has 3 rings (SSSR count). The quantitative estimate of drug-likeness (QED) is 0.546. The van der Waals surface area contributed by atoms with Crippen LogP contribution in [-0.4, -0.2) is 41.4 Å². The minimum absolute atomic E-state index is 0.0314. The highest BCUT2D eigenvalue weighted by Crippen LogP contribution is 2.41. The van der Waals surface area contributed by atoms with E-state index in [2.05, 4.69) is 0 Å². The average Bonchev–Trinajstić information content (AvgIpc) is 2.90. The highest BCUT2D eigenvalue weighted by Gasteiger charge is 2.45. The molecule has 2 saturated heterocycles. The van der Waals surface area contributed by atoms with Crippen LogP contribution in [0.5, 0.6) is 11.5 Å². The molecule has 2 fully saturated rings. The molecule has 2 heterocycles. The summed E-state index contributed by atoms with van der Waals surface area (Å²) in [6.45, 7) is 3.76. The van der Waals surface area contributed by atoms with Gasteiger partial charge in [0.25, 0.3) is 0 Å². The highest BCUT2D eigenvalue weighted by atomic mass is 35.5. The normalized spacial score (nSPS) is 24.9. The van der Waals surface area contributed by atoms with Gasteiger partial charge in [-0.2, -0.15) is 13.2 Å². The minimum atomic E-state index is -4.45. The lowest BCUT2D eigenvalue weighted by Crippen LogP contribution is -2.49. The van der Waals surface area contributed by atoms with Gasteiger partial charge in [0.2, 0.25) is 0 Å². The van der Waals surface area contributed by atoms with Crippen molar-refractivity contribution in [3.05, 3.63) is 23.8 Å². The fraction of sp³-hybridized carbons (Fsp3) is 0.650. The predicted octanol–water partition coefficient (Wildman–Crippen LogP) is 5.59. The van der Waals surface area contributed by atoms with Gasteiger partial charge >= 0.3 is 12.3 Å². The number of carbonyl (C=O) groups is 1. The van der Waals surface area contributed by atoms with E-state index >= 15 is 0 Å². The second-order valence-corrected chi connectivity index (χ2v) is 8.05. The van der Waals surface area contributed by atoms with Crippen molar-refractivity contribution in [1.82, 2.24) is 4.90 Å². The van der Waals surface area contributed by atoms with Gasteiger partial charge in [-0.05, 0) is 44.4 Å². The Morgan fingerprint density at radius 3 is 2.45 bits per heavy atom. The van der Waals surface area contributed by atoms with E-state index in [4.69, 9.17) is 25.8 Å². The van der Waals surface area contributed by atoms with Gasteiger partial charge < -0.3 is 19.1 Å². The summed E-state index contributed by atoms with van der Waals surface area (Å²) in [7, 11) is 0. The second-order valence-electron chi connectivity index (χ2n) is 7.44. The van der Waals surface area contributed by atoms with Gasteiger partial charge in [-0.3, -0.25) is 0 Å². The lowest BCUT2D eigenvalue weighted by molar-refractivity contribution is -0.137. The molecule has 0 aliphatic carbocycles. The molecule has 2 aliphatic rings. The first-order valence-corrected chi connectivity index (χ1v) is 10.3. The summed E-state index contributed by atoms with van der Waals surface area (Å²) in [6, 6.07) is 3.23. The number of rotatable bonds is 6. The molecule has 1 aromatic rings. The molecule has 29 heavy (non-hydrogen) atoms. The van der Waals surface area contributed by atoms with Crippen molar-refractivity contribution < 1.29 is 32.2 Å². The summed E-state index contributed by atoms with van der Waals surface area (Å²) in [6.07, 6.45) is -1.60. The molecule has 1 aromatic carbocycles. The van der Waals surface area contributed by atoms with Crippen LogP contribution in [0.25, 0.3) is 0 Å². The standard InChI is InChI=1S/C20H25ClF3NO4/c1-3-8-27-18-9-13(20(22,23)24)4-7-17(18)29-16-10-14-5-6-15(11-16)25(14)19(26)28-12(2)21/h4,7,9,12,14-16H,3,5-6,8,10-11H2,1-2H3/t12?,14-,15+,16?. The Labute approximate surface area is 173 Å². The molecular formula is C20H25ClF3NO4. The molecule has 5 nitrogen and oxygen atoms in total. The van der Waals surface area contributed by atoms with Crippen molar-refractivity contribution in [3.63, 3.8) is 0 Å². The van der Waals surface area contributed by atoms with Crippen molar-refractivity contribution >= 4 is 17.7 Å². The lowest BCUT2D eigenvalue weighted by Gasteiger charge is -2.38. The van der Waals surface area contributed by atoms with E-state index in [1.807, 2.05) is 6.92 Å². The Morgan fingerprint density at radius 1 is 1.24 bits per heavy atom. The summed E-state index contributed by atoms with van der Waals surface area (Å²) < 4.78 is 55.8. The summed E-state index contributed by atoms with van der Waals surface area (Å²) >= 11 is 5.76. The van der Waals surface area contributed by atoms with Crippen LogP contribution in [0.1, 0.15) is 51.5 Å². The number of benzene rings is 1. The number of amides is 1. The molecule has 162 valence electrons. The van der Waals surface area contributed by atoms with Gasteiger partial charge in [0.1, 0.15) is 6.10 Å². The third-order valence-electron chi connectivity index (χ3n) is 5.19. The third-order valence-corrected chi connectivity index (χ3v) is 5.28. The van der Waals surface area contributed by atoms with Crippen LogP contribution >= 0.6 is 11.6 Å². The number of fused-ring (bicyclic) bond motifs is 2. The smallest absolute Gasteiger partial charge is 0.416 e. The maximum atomic E-state index is 13.0. The van der Waals surface area contributed by atoms with E-state index in [1.54, 1.807) is 11.8 Å². The van der Waals surface area contributed by atoms with Gasteiger partial charge in [-0.1, -0.05) is 18.5 Å². The Hall–Kier alpha value is -1.83. The van der Waals surface area contributed by atoms with E-state index < -0.39 is 23.4 Å². The van der Waals surface area contributed by atoms with E-state index in [1.165, 1.54) is 6.07 Å². The minimum Gasteiger partial charge on any atom is -0.490 e. The van der Waals surface area contributed by atoms with Gasteiger partial charge in [0.05, 0.1) is 12.2 Å². The van der Waals surface area contributed by atoms with Crippen molar-refractivity contribution in [2.45, 2.75) is 75.9 Å². The van der Waals surface area contributed by atoms with Crippen molar-refractivity contribution in [3.8, 4) is 11.5 Å². The molecule has 2 aliphatic heterocycles. The Kier molecular flexibility index (Phi) is 6.71.